The van der Waals surface area contributed by atoms with Gasteiger partial charge in [-0.15, -0.1) is 11.3 Å². The van der Waals surface area contributed by atoms with Gasteiger partial charge in [0.25, 0.3) is 0 Å². The number of aliphatic hydroxyl groups is 1. The van der Waals surface area contributed by atoms with Crippen molar-refractivity contribution in [3.05, 3.63) is 22.4 Å². The van der Waals surface area contributed by atoms with E-state index in [-0.39, 0.29) is 17.9 Å². The number of hydrogen-bond acceptors (Lipinski definition) is 5. The van der Waals surface area contributed by atoms with E-state index in [4.69, 9.17) is 4.74 Å². The zero-order chi connectivity index (χ0) is 15.3. The highest BCUT2D eigenvalue weighted by Gasteiger charge is 2.36. The van der Waals surface area contributed by atoms with Gasteiger partial charge in [0.1, 0.15) is 0 Å². The largest absolute Gasteiger partial charge is 0.466 e. The van der Waals surface area contributed by atoms with Gasteiger partial charge in [-0.1, -0.05) is 6.07 Å². The van der Waals surface area contributed by atoms with Crippen LogP contribution in [0, 0.1) is 5.92 Å². The number of carbonyl (C=O) groups is 1. The van der Waals surface area contributed by atoms with Crippen LogP contribution in [-0.2, 0) is 9.53 Å². The van der Waals surface area contributed by atoms with E-state index in [1.54, 1.807) is 11.3 Å². The lowest BCUT2D eigenvalue weighted by atomic mass is 9.78. The maximum absolute atomic E-state index is 11.7. The van der Waals surface area contributed by atoms with E-state index >= 15 is 0 Å². The highest BCUT2D eigenvalue weighted by molar-refractivity contribution is 7.10. The van der Waals surface area contributed by atoms with Crippen LogP contribution >= 0.6 is 11.3 Å². The molecule has 1 aromatic heterocycles. The molecule has 0 aromatic carbocycles. The Morgan fingerprint density at radius 3 is 2.86 bits per heavy atom. The summed E-state index contributed by atoms with van der Waals surface area (Å²) in [5.74, 6) is -0.153. The summed E-state index contributed by atoms with van der Waals surface area (Å²) in [7, 11) is 0. The summed E-state index contributed by atoms with van der Waals surface area (Å²) in [6.07, 6.45) is 2.73. The maximum atomic E-state index is 11.7. The number of nitrogens with one attached hydrogen (secondary N) is 1. The zero-order valence-electron chi connectivity index (χ0n) is 12.8. The Balaban J connectivity index is 1.78. The zero-order valence-corrected chi connectivity index (χ0v) is 13.6. The fourth-order valence-corrected chi connectivity index (χ4v) is 3.57. The average molecular weight is 311 g/mol. The third kappa shape index (κ3) is 4.53. The highest BCUT2D eigenvalue weighted by Crippen LogP contribution is 2.33. The van der Waals surface area contributed by atoms with Gasteiger partial charge < -0.3 is 15.2 Å². The van der Waals surface area contributed by atoms with Crippen molar-refractivity contribution in [2.75, 3.05) is 13.2 Å². The lowest BCUT2D eigenvalue weighted by Gasteiger charge is -2.36. The molecule has 2 rings (SSSR count). The van der Waals surface area contributed by atoms with E-state index in [1.165, 1.54) is 4.88 Å². The molecule has 1 fully saturated rings. The van der Waals surface area contributed by atoms with Gasteiger partial charge in [0.15, 0.2) is 0 Å². The van der Waals surface area contributed by atoms with Crippen LogP contribution in [0.3, 0.4) is 0 Å². The van der Waals surface area contributed by atoms with Gasteiger partial charge in [0, 0.05) is 17.5 Å². The molecular formula is C16H25NO3S. The van der Waals surface area contributed by atoms with Crippen molar-refractivity contribution in [1.82, 2.24) is 5.32 Å². The van der Waals surface area contributed by atoms with Crippen LogP contribution < -0.4 is 5.32 Å². The molecule has 2 N–H and O–H groups in total. The van der Waals surface area contributed by atoms with Crippen molar-refractivity contribution < 1.29 is 14.6 Å². The van der Waals surface area contributed by atoms with E-state index in [0.29, 0.717) is 38.8 Å². The molecule has 1 atom stereocenters. The Morgan fingerprint density at radius 1 is 1.57 bits per heavy atom. The molecule has 0 saturated heterocycles. The van der Waals surface area contributed by atoms with Crippen molar-refractivity contribution in [2.45, 2.75) is 51.2 Å². The standard InChI is InChI=1S/C16H25NO3S/c1-3-20-15(18)13-6-8-16(19,9-7-13)11-17-12(2)14-5-4-10-21-14/h4-5,10,12-13,17,19H,3,6-9,11H2,1-2H3/t12-,13?,16?/m1/s1. The lowest BCUT2D eigenvalue weighted by molar-refractivity contribution is -0.151. The van der Waals surface area contributed by atoms with E-state index in [2.05, 4.69) is 23.7 Å². The second-order valence-corrected chi connectivity index (χ2v) is 6.85. The molecule has 5 heteroatoms. The van der Waals surface area contributed by atoms with E-state index in [0.717, 1.165) is 0 Å². The first kappa shape index (κ1) is 16.5. The third-order valence-corrected chi connectivity index (χ3v) is 5.30. The molecule has 1 aromatic rings. The Kier molecular flexibility index (Phi) is 5.79. The summed E-state index contributed by atoms with van der Waals surface area (Å²) < 4.78 is 5.06. The van der Waals surface area contributed by atoms with Crippen LogP contribution in [0.1, 0.15) is 50.4 Å². The van der Waals surface area contributed by atoms with Crippen LogP contribution in [0.15, 0.2) is 17.5 Å². The summed E-state index contributed by atoms with van der Waals surface area (Å²) in [6, 6.07) is 4.39. The molecule has 0 bridgehead atoms. The van der Waals surface area contributed by atoms with Crippen LogP contribution in [0.2, 0.25) is 0 Å². The molecule has 1 aliphatic rings. The Hall–Kier alpha value is -0.910. The molecule has 1 saturated carbocycles. The minimum Gasteiger partial charge on any atom is -0.466 e. The molecule has 0 spiro atoms. The minimum atomic E-state index is -0.700. The summed E-state index contributed by atoms with van der Waals surface area (Å²) in [4.78, 5) is 13.0. The Labute approximate surface area is 130 Å². The van der Waals surface area contributed by atoms with Crippen LogP contribution in [0.4, 0.5) is 0 Å². The van der Waals surface area contributed by atoms with Gasteiger partial charge in [-0.05, 0) is 51.0 Å². The molecule has 1 heterocycles. The third-order valence-electron chi connectivity index (χ3n) is 4.24. The smallest absolute Gasteiger partial charge is 0.308 e. The van der Waals surface area contributed by atoms with Crippen molar-refractivity contribution in [1.29, 1.82) is 0 Å². The monoisotopic (exact) mass is 311 g/mol. The Morgan fingerprint density at radius 2 is 2.29 bits per heavy atom. The Bertz CT molecular complexity index is 438. The van der Waals surface area contributed by atoms with Gasteiger partial charge in [-0.2, -0.15) is 0 Å². The van der Waals surface area contributed by atoms with Gasteiger partial charge in [0.05, 0.1) is 18.1 Å². The van der Waals surface area contributed by atoms with Crippen LogP contribution in [0.25, 0.3) is 0 Å². The van der Waals surface area contributed by atoms with Crippen LogP contribution in [-0.4, -0.2) is 29.8 Å². The highest BCUT2D eigenvalue weighted by atomic mass is 32.1. The number of rotatable bonds is 6. The number of esters is 1. The minimum absolute atomic E-state index is 0.0417. The normalized spacial score (nSPS) is 27.3. The molecule has 0 amide bonds. The summed E-state index contributed by atoms with van der Waals surface area (Å²) >= 11 is 1.72. The SMILES string of the molecule is CCOC(=O)C1CCC(O)(CN[C@H](C)c2cccs2)CC1. The summed E-state index contributed by atoms with van der Waals surface area (Å²) in [5.41, 5.74) is -0.700. The second kappa shape index (κ2) is 7.38. The first-order valence-corrected chi connectivity index (χ1v) is 8.58. The van der Waals surface area contributed by atoms with Gasteiger partial charge in [-0.3, -0.25) is 4.79 Å². The molecule has 4 nitrogen and oxygen atoms in total. The topological polar surface area (TPSA) is 58.6 Å². The number of carbonyl (C=O) groups excluding carboxylic acids is 1. The van der Waals surface area contributed by atoms with Gasteiger partial charge in [-0.25, -0.2) is 0 Å². The van der Waals surface area contributed by atoms with Crippen molar-refractivity contribution >= 4 is 17.3 Å². The van der Waals surface area contributed by atoms with E-state index < -0.39 is 5.60 Å². The van der Waals surface area contributed by atoms with Gasteiger partial charge in [0.2, 0.25) is 0 Å². The van der Waals surface area contributed by atoms with Crippen molar-refractivity contribution in [3.63, 3.8) is 0 Å². The molecule has 21 heavy (non-hydrogen) atoms. The molecule has 0 aliphatic heterocycles. The first-order chi connectivity index (χ1) is 10.0. The predicted molar refractivity (Wildman–Crippen MR) is 84.3 cm³/mol. The first-order valence-electron chi connectivity index (χ1n) is 7.70. The van der Waals surface area contributed by atoms with Crippen LogP contribution in [0.5, 0.6) is 0 Å². The summed E-state index contributed by atoms with van der Waals surface area (Å²) in [5, 5.41) is 16.1. The summed E-state index contributed by atoms with van der Waals surface area (Å²) in [6.45, 7) is 4.94. The van der Waals surface area contributed by atoms with E-state index in [9.17, 15) is 9.90 Å². The lowest BCUT2D eigenvalue weighted by Crippen LogP contribution is -2.45. The number of hydrogen-bond donors (Lipinski definition) is 2. The quantitative estimate of drug-likeness (QED) is 0.793. The maximum Gasteiger partial charge on any atom is 0.308 e. The van der Waals surface area contributed by atoms with E-state index in [1.807, 2.05) is 13.0 Å². The molecule has 118 valence electrons. The van der Waals surface area contributed by atoms with Crippen molar-refractivity contribution in [2.24, 2.45) is 5.92 Å². The number of ether oxygens (including phenoxy) is 1. The molecule has 0 radical (unpaired) electrons. The molecular weight excluding hydrogens is 286 g/mol. The molecule has 1 aliphatic carbocycles. The van der Waals surface area contributed by atoms with Gasteiger partial charge >= 0.3 is 5.97 Å². The fraction of sp³-hybridized carbons (Fsp3) is 0.688. The average Bonchev–Trinajstić information content (AvgIpc) is 3.00. The molecule has 0 unspecified atom stereocenters. The van der Waals surface area contributed by atoms with Crippen molar-refractivity contribution in [3.8, 4) is 0 Å². The predicted octanol–water partition coefficient (Wildman–Crippen LogP) is 2.88. The second-order valence-electron chi connectivity index (χ2n) is 5.87. The number of thiophene rings is 1. The fourth-order valence-electron chi connectivity index (χ4n) is 2.81.